The van der Waals surface area contributed by atoms with Gasteiger partial charge in [0.25, 0.3) is 5.69 Å². The molecule has 9 N–H and O–H groups in total. The van der Waals surface area contributed by atoms with Crippen LogP contribution in [0.3, 0.4) is 0 Å². The summed E-state index contributed by atoms with van der Waals surface area (Å²) in [6.07, 6.45) is 5.75. The molecular formula is C33H36N6O6. The quantitative estimate of drug-likeness (QED) is 0.0931. The number of aromatic nitrogens is 3. The largest absolute Gasteiger partial charge is 0.480 e. The van der Waals surface area contributed by atoms with Gasteiger partial charge in [-0.15, -0.1) is 0 Å². The number of nitrogens with one attached hydrogen (secondary N) is 3. The van der Waals surface area contributed by atoms with Crippen LogP contribution in [0.2, 0.25) is 0 Å². The number of nitrogens with two attached hydrogens (primary N) is 2. The number of nitrogens with zero attached hydrogens (tertiary/aromatic N) is 1. The van der Waals surface area contributed by atoms with Crippen LogP contribution in [-0.2, 0) is 22.4 Å². The second kappa shape index (κ2) is 13.9. The van der Waals surface area contributed by atoms with E-state index in [9.17, 15) is 19.7 Å². The molecule has 6 aromatic rings. The fourth-order valence-corrected chi connectivity index (χ4v) is 5.06. The molecule has 2 unspecified atom stereocenters. The maximum absolute atomic E-state index is 11.1. The molecule has 0 fully saturated rings. The van der Waals surface area contributed by atoms with E-state index in [1.165, 1.54) is 16.5 Å². The van der Waals surface area contributed by atoms with Crippen LogP contribution < -0.4 is 11.5 Å². The van der Waals surface area contributed by atoms with Gasteiger partial charge in [0, 0.05) is 53.4 Å². The third-order valence-electron chi connectivity index (χ3n) is 7.43. The van der Waals surface area contributed by atoms with Crippen molar-refractivity contribution in [2.24, 2.45) is 11.5 Å². The molecule has 0 spiro atoms. The molecule has 3 aromatic heterocycles. The highest BCUT2D eigenvalue weighted by Gasteiger charge is 2.22. The second-order valence-corrected chi connectivity index (χ2v) is 11.0. The number of aromatic amines is 3. The van der Waals surface area contributed by atoms with Crippen molar-refractivity contribution in [2.75, 3.05) is 0 Å². The zero-order valence-corrected chi connectivity index (χ0v) is 25.1. The highest BCUT2D eigenvalue weighted by molar-refractivity contribution is 5.94. The number of carboxylic acid groups (broad SMARTS) is 2. The summed E-state index contributed by atoms with van der Waals surface area (Å²) in [5, 5.41) is 31.5. The Labute approximate surface area is 258 Å². The molecule has 3 heterocycles. The van der Waals surface area contributed by atoms with Crippen LogP contribution in [-0.4, -0.2) is 54.1 Å². The van der Waals surface area contributed by atoms with Crippen molar-refractivity contribution in [1.82, 2.24) is 15.0 Å². The zero-order valence-electron chi connectivity index (χ0n) is 25.1. The van der Waals surface area contributed by atoms with Crippen molar-refractivity contribution in [1.29, 1.82) is 0 Å². The molecule has 0 bridgehead atoms. The lowest BCUT2D eigenvalue weighted by molar-refractivity contribution is -0.383. The first-order chi connectivity index (χ1) is 21.3. The van der Waals surface area contributed by atoms with Gasteiger partial charge in [-0.25, -0.2) is 0 Å². The summed E-state index contributed by atoms with van der Waals surface area (Å²) in [5.74, 6) is -2.10. The van der Waals surface area contributed by atoms with Crippen molar-refractivity contribution < 1.29 is 24.7 Å². The number of aryl methyl sites for hydroxylation is 3. The van der Waals surface area contributed by atoms with Crippen LogP contribution in [0.4, 0.5) is 5.69 Å². The number of nitro benzene ring substituents is 1. The number of carbonyl (C=O) groups is 2. The molecule has 0 amide bonds. The van der Waals surface area contributed by atoms with Crippen LogP contribution in [0, 0.1) is 30.9 Å². The van der Waals surface area contributed by atoms with Crippen molar-refractivity contribution in [3.05, 3.63) is 111 Å². The topological polar surface area (TPSA) is 217 Å². The summed E-state index contributed by atoms with van der Waals surface area (Å²) >= 11 is 0. The Bertz CT molecular complexity index is 1990. The lowest BCUT2D eigenvalue weighted by atomic mass is 10.0. The fourth-order valence-electron chi connectivity index (χ4n) is 5.06. The first-order valence-electron chi connectivity index (χ1n) is 14.2. The first-order valence-corrected chi connectivity index (χ1v) is 14.2. The number of H-pyrrole nitrogens is 3. The summed E-state index contributed by atoms with van der Waals surface area (Å²) in [6, 6.07) is 16.0. The molecular weight excluding hydrogens is 576 g/mol. The summed E-state index contributed by atoms with van der Waals surface area (Å²) < 4.78 is 0. The molecule has 12 heteroatoms. The van der Waals surface area contributed by atoms with Crippen molar-refractivity contribution >= 4 is 50.3 Å². The Morgan fingerprint density at radius 3 is 1.98 bits per heavy atom. The molecule has 0 aliphatic rings. The number of hydrogen-bond donors (Lipinski definition) is 7. The third kappa shape index (κ3) is 7.74. The van der Waals surface area contributed by atoms with Crippen molar-refractivity contribution in [3.63, 3.8) is 0 Å². The van der Waals surface area contributed by atoms with Gasteiger partial charge in [-0.3, -0.25) is 19.7 Å². The van der Waals surface area contributed by atoms with Gasteiger partial charge in [0.15, 0.2) is 0 Å². The average Bonchev–Trinajstić information content (AvgIpc) is 3.72. The van der Waals surface area contributed by atoms with Gasteiger partial charge in [-0.1, -0.05) is 29.3 Å². The van der Waals surface area contributed by atoms with E-state index in [2.05, 4.69) is 46.1 Å². The van der Waals surface area contributed by atoms with E-state index in [-0.39, 0.29) is 12.1 Å². The molecule has 6 rings (SSSR count). The number of rotatable bonds is 7. The van der Waals surface area contributed by atoms with Crippen molar-refractivity contribution in [3.8, 4) is 0 Å². The Kier molecular flexibility index (Phi) is 10.0. The maximum atomic E-state index is 11.1. The molecule has 0 radical (unpaired) electrons. The van der Waals surface area contributed by atoms with Crippen LogP contribution >= 0.6 is 0 Å². The van der Waals surface area contributed by atoms with E-state index in [0.29, 0.717) is 28.5 Å². The molecule has 45 heavy (non-hydrogen) atoms. The standard InChI is InChI=1S/C12H13N3O4.C12H14N2O2.C9H9N/c1-6-2-3-9-10(11(6)15(18)19)7(5-14-9)4-8(13)12(16)17;1-7-2-3-11-9(4-7)8(6-14-11)5-10(13)12(15)16;1-7-2-3-9-8(6-7)4-5-10-9/h2-3,5,8,14H,4,13H2,1H3,(H,16,17);2-4,6,10,14H,5,13H2,1H3,(H,15,16);2-6,10H,1H3. The lowest BCUT2D eigenvalue weighted by Gasteiger charge is -2.06. The Balaban J connectivity index is 0.000000160. The Morgan fingerprint density at radius 2 is 1.33 bits per heavy atom. The van der Waals surface area contributed by atoms with E-state index in [0.717, 1.165) is 22.0 Å². The minimum Gasteiger partial charge on any atom is -0.480 e. The summed E-state index contributed by atoms with van der Waals surface area (Å²) in [5.41, 5.74) is 18.3. The maximum Gasteiger partial charge on any atom is 0.320 e. The van der Waals surface area contributed by atoms with Crippen LogP contribution in [0.1, 0.15) is 27.8 Å². The van der Waals surface area contributed by atoms with Crippen LogP contribution in [0.25, 0.3) is 32.7 Å². The number of fused-ring (bicyclic) bond motifs is 3. The molecule has 0 aliphatic carbocycles. The number of aliphatic carboxylic acids is 2. The molecule has 0 saturated carbocycles. The predicted molar refractivity (Wildman–Crippen MR) is 174 cm³/mol. The molecule has 0 aliphatic heterocycles. The monoisotopic (exact) mass is 612 g/mol. The predicted octanol–water partition coefficient (Wildman–Crippen LogP) is 5.25. The Morgan fingerprint density at radius 1 is 0.778 bits per heavy atom. The minimum atomic E-state index is -1.13. The van der Waals surface area contributed by atoms with E-state index >= 15 is 0 Å². The van der Waals surface area contributed by atoms with E-state index in [1.807, 2.05) is 37.5 Å². The zero-order chi connectivity index (χ0) is 32.8. The van der Waals surface area contributed by atoms with Gasteiger partial charge in [-0.2, -0.15) is 0 Å². The number of nitro groups is 1. The van der Waals surface area contributed by atoms with Gasteiger partial charge in [0.2, 0.25) is 0 Å². The molecule has 234 valence electrons. The molecule has 2 atom stereocenters. The highest BCUT2D eigenvalue weighted by Crippen LogP contribution is 2.32. The minimum absolute atomic E-state index is 0.00802. The van der Waals surface area contributed by atoms with E-state index < -0.39 is 28.9 Å². The lowest BCUT2D eigenvalue weighted by Crippen LogP contribution is -2.32. The molecule has 3 aromatic carbocycles. The summed E-state index contributed by atoms with van der Waals surface area (Å²) in [7, 11) is 0. The number of carboxylic acids is 2. The van der Waals surface area contributed by atoms with Gasteiger partial charge in [0.1, 0.15) is 12.1 Å². The van der Waals surface area contributed by atoms with Gasteiger partial charge in [-0.05, 0) is 73.7 Å². The summed E-state index contributed by atoms with van der Waals surface area (Å²) in [4.78, 5) is 41.3. The van der Waals surface area contributed by atoms with Gasteiger partial charge in [0.05, 0.1) is 15.8 Å². The van der Waals surface area contributed by atoms with Gasteiger partial charge >= 0.3 is 11.9 Å². The normalized spacial score (nSPS) is 12.2. The van der Waals surface area contributed by atoms with Gasteiger partial charge < -0.3 is 36.6 Å². The SMILES string of the molecule is Cc1ccc2[nH]cc(CC(N)C(=O)O)c2c1.Cc1ccc2[nH]cc(CC(N)C(=O)O)c2c1[N+](=O)[O-].Cc1ccc2[nH]ccc2c1. The van der Waals surface area contributed by atoms with E-state index in [1.54, 1.807) is 25.3 Å². The van der Waals surface area contributed by atoms with Crippen LogP contribution in [0.15, 0.2) is 73.2 Å². The van der Waals surface area contributed by atoms with Crippen LogP contribution in [0.5, 0.6) is 0 Å². The number of hydrogen-bond acceptors (Lipinski definition) is 6. The fraction of sp³-hybridized carbons (Fsp3) is 0.212. The molecule has 0 saturated heterocycles. The highest BCUT2D eigenvalue weighted by atomic mass is 16.6. The first kappa shape index (κ1) is 32.5. The smallest absolute Gasteiger partial charge is 0.320 e. The third-order valence-corrected chi connectivity index (χ3v) is 7.43. The summed E-state index contributed by atoms with van der Waals surface area (Å²) in [6.45, 7) is 5.76. The molecule has 12 nitrogen and oxygen atoms in total. The van der Waals surface area contributed by atoms with E-state index in [4.69, 9.17) is 21.7 Å². The second-order valence-electron chi connectivity index (χ2n) is 11.0. The number of benzene rings is 3. The Hall–Kier alpha value is -5.46. The van der Waals surface area contributed by atoms with Crippen molar-refractivity contribution in [2.45, 2.75) is 45.7 Å². The average molecular weight is 613 g/mol.